The van der Waals surface area contributed by atoms with E-state index in [1.807, 2.05) is 0 Å². The lowest BCUT2D eigenvalue weighted by atomic mass is 9.97. The Hall–Kier alpha value is -1.24. The Morgan fingerprint density at radius 3 is 3.05 bits per heavy atom. The molecule has 6 heteroatoms. The molecular weight excluding hydrogens is 262 g/mol. The predicted octanol–water partition coefficient (Wildman–Crippen LogP) is 0.945. The molecule has 0 aromatic carbocycles. The highest BCUT2D eigenvalue weighted by atomic mass is 32.1. The van der Waals surface area contributed by atoms with Gasteiger partial charge in [-0.15, -0.1) is 11.3 Å². The van der Waals surface area contributed by atoms with Crippen molar-refractivity contribution in [3.63, 3.8) is 0 Å². The highest BCUT2D eigenvalue weighted by Crippen LogP contribution is 2.33. The van der Waals surface area contributed by atoms with Gasteiger partial charge in [0, 0.05) is 11.4 Å². The summed E-state index contributed by atoms with van der Waals surface area (Å²) < 4.78 is 0. The lowest BCUT2D eigenvalue weighted by Gasteiger charge is -2.09. The van der Waals surface area contributed by atoms with Gasteiger partial charge in [0.1, 0.15) is 10.7 Å². The Kier molecular flexibility index (Phi) is 3.63. The van der Waals surface area contributed by atoms with Crippen molar-refractivity contribution in [2.45, 2.75) is 32.2 Å². The average molecular weight is 279 g/mol. The largest absolute Gasteiger partial charge is 0.395 e. The molecule has 19 heavy (non-hydrogen) atoms. The molecule has 1 aliphatic carbocycles. The minimum atomic E-state index is -0.0230. The first-order chi connectivity index (χ1) is 9.29. The molecule has 5 nitrogen and oxygen atoms in total. The van der Waals surface area contributed by atoms with Crippen molar-refractivity contribution in [2.75, 3.05) is 13.2 Å². The van der Waals surface area contributed by atoms with Crippen molar-refractivity contribution >= 4 is 21.6 Å². The number of hydrogen-bond acceptors (Lipinski definition) is 5. The van der Waals surface area contributed by atoms with Gasteiger partial charge in [-0.2, -0.15) is 0 Å². The molecule has 0 saturated carbocycles. The maximum Gasteiger partial charge on any atom is 0.259 e. The van der Waals surface area contributed by atoms with Crippen molar-refractivity contribution in [1.29, 1.82) is 0 Å². The van der Waals surface area contributed by atoms with Crippen LogP contribution in [-0.4, -0.2) is 28.2 Å². The molecule has 2 heterocycles. The first-order valence-electron chi connectivity index (χ1n) is 6.64. The van der Waals surface area contributed by atoms with Gasteiger partial charge >= 0.3 is 0 Å². The molecule has 0 spiro atoms. The van der Waals surface area contributed by atoms with Gasteiger partial charge in [-0.05, 0) is 31.2 Å². The lowest BCUT2D eigenvalue weighted by molar-refractivity contribution is 0.291. The number of fused-ring (bicyclic) bond motifs is 3. The first-order valence-corrected chi connectivity index (χ1v) is 7.46. The highest BCUT2D eigenvalue weighted by Gasteiger charge is 2.19. The van der Waals surface area contributed by atoms with Crippen LogP contribution in [0.5, 0.6) is 0 Å². The summed E-state index contributed by atoms with van der Waals surface area (Å²) in [6.45, 7) is 1.07. The van der Waals surface area contributed by atoms with Crippen LogP contribution >= 0.6 is 11.3 Å². The maximum absolute atomic E-state index is 12.2. The van der Waals surface area contributed by atoms with Gasteiger partial charge in [0.05, 0.1) is 18.5 Å². The number of nitrogens with zero attached hydrogens (tertiary/aromatic N) is 1. The molecule has 0 unspecified atom stereocenters. The lowest BCUT2D eigenvalue weighted by Crippen LogP contribution is -2.22. The topological polar surface area (TPSA) is 78.0 Å². The van der Waals surface area contributed by atoms with Crippen LogP contribution in [0.15, 0.2) is 4.79 Å². The fourth-order valence-corrected chi connectivity index (χ4v) is 3.86. The van der Waals surface area contributed by atoms with E-state index in [-0.39, 0.29) is 12.2 Å². The van der Waals surface area contributed by atoms with E-state index in [0.717, 1.165) is 29.5 Å². The maximum atomic E-state index is 12.2. The SMILES string of the molecule is O=c1[nH]c(CNCCO)nc2sc3c(c12)CCCC3. The predicted molar refractivity (Wildman–Crippen MR) is 75.7 cm³/mol. The van der Waals surface area contributed by atoms with Crippen molar-refractivity contribution in [1.82, 2.24) is 15.3 Å². The van der Waals surface area contributed by atoms with Crippen LogP contribution in [0.1, 0.15) is 29.1 Å². The molecule has 2 aromatic heterocycles. The number of aliphatic hydroxyl groups is 1. The number of hydrogen-bond donors (Lipinski definition) is 3. The Morgan fingerprint density at radius 1 is 1.37 bits per heavy atom. The Morgan fingerprint density at radius 2 is 2.21 bits per heavy atom. The van der Waals surface area contributed by atoms with Crippen molar-refractivity contribution in [3.05, 3.63) is 26.6 Å². The number of rotatable bonds is 4. The molecule has 0 radical (unpaired) electrons. The molecule has 0 atom stereocenters. The number of H-pyrrole nitrogens is 1. The molecule has 3 N–H and O–H groups in total. The number of aromatic amines is 1. The Bertz CT molecular complexity index is 647. The number of aromatic nitrogens is 2. The van der Waals surface area contributed by atoms with Gasteiger partial charge in [-0.25, -0.2) is 4.98 Å². The third-order valence-corrected chi connectivity index (χ3v) is 4.64. The fraction of sp³-hybridized carbons (Fsp3) is 0.538. The summed E-state index contributed by atoms with van der Waals surface area (Å²) in [4.78, 5) is 21.8. The summed E-state index contributed by atoms with van der Waals surface area (Å²) in [7, 11) is 0. The third kappa shape index (κ3) is 2.43. The second-order valence-electron chi connectivity index (χ2n) is 4.80. The van der Waals surface area contributed by atoms with E-state index in [9.17, 15) is 4.79 Å². The van der Waals surface area contributed by atoms with Crippen LogP contribution in [-0.2, 0) is 19.4 Å². The van der Waals surface area contributed by atoms with Gasteiger partial charge < -0.3 is 15.4 Å². The smallest absolute Gasteiger partial charge is 0.259 e. The molecule has 0 bridgehead atoms. The molecule has 0 fully saturated rings. The van der Waals surface area contributed by atoms with Gasteiger partial charge in [-0.1, -0.05) is 0 Å². The standard InChI is InChI=1S/C13H17N3O2S/c17-6-5-14-7-10-15-12(18)11-8-3-1-2-4-9(8)19-13(11)16-10/h14,17H,1-7H2,(H,15,16,18). The first kappa shape index (κ1) is 12.8. The van der Waals surface area contributed by atoms with E-state index >= 15 is 0 Å². The molecule has 0 aliphatic heterocycles. The monoisotopic (exact) mass is 279 g/mol. The van der Waals surface area contributed by atoms with Crippen LogP contribution in [0.4, 0.5) is 0 Å². The van der Waals surface area contributed by atoms with E-state index in [0.29, 0.717) is 18.9 Å². The molecule has 0 amide bonds. The number of aryl methyl sites for hydroxylation is 2. The van der Waals surface area contributed by atoms with E-state index in [1.54, 1.807) is 11.3 Å². The van der Waals surface area contributed by atoms with E-state index < -0.39 is 0 Å². The number of nitrogens with one attached hydrogen (secondary N) is 2. The van der Waals surface area contributed by atoms with Crippen molar-refractivity contribution in [2.24, 2.45) is 0 Å². The normalized spacial score (nSPS) is 14.8. The van der Waals surface area contributed by atoms with Gasteiger partial charge in [-0.3, -0.25) is 4.79 Å². The van der Waals surface area contributed by atoms with Gasteiger partial charge in [0.25, 0.3) is 5.56 Å². The summed E-state index contributed by atoms with van der Waals surface area (Å²) in [6.07, 6.45) is 4.46. The molecule has 1 aliphatic rings. The second-order valence-corrected chi connectivity index (χ2v) is 5.89. The van der Waals surface area contributed by atoms with Crippen LogP contribution < -0.4 is 10.9 Å². The quantitative estimate of drug-likeness (QED) is 0.728. The van der Waals surface area contributed by atoms with Crippen LogP contribution in [0.3, 0.4) is 0 Å². The molecule has 2 aromatic rings. The molecular formula is C13H17N3O2S. The minimum Gasteiger partial charge on any atom is -0.395 e. The summed E-state index contributed by atoms with van der Waals surface area (Å²) in [5.41, 5.74) is 1.19. The average Bonchev–Trinajstić information content (AvgIpc) is 2.77. The van der Waals surface area contributed by atoms with Crippen LogP contribution in [0, 0.1) is 0 Å². The van der Waals surface area contributed by atoms with Crippen LogP contribution in [0.2, 0.25) is 0 Å². The van der Waals surface area contributed by atoms with Crippen molar-refractivity contribution in [3.8, 4) is 0 Å². The Balaban J connectivity index is 1.99. The number of thiophene rings is 1. The zero-order chi connectivity index (χ0) is 13.2. The highest BCUT2D eigenvalue weighted by molar-refractivity contribution is 7.18. The fourth-order valence-electron chi connectivity index (χ4n) is 2.58. The molecule has 0 saturated heterocycles. The summed E-state index contributed by atoms with van der Waals surface area (Å²) >= 11 is 1.66. The van der Waals surface area contributed by atoms with E-state index in [4.69, 9.17) is 5.11 Å². The zero-order valence-corrected chi connectivity index (χ0v) is 11.5. The summed E-state index contributed by atoms with van der Waals surface area (Å²) in [6, 6.07) is 0. The van der Waals surface area contributed by atoms with Crippen LogP contribution in [0.25, 0.3) is 10.2 Å². The van der Waals surface area contributed by atoms with Gasteiger partial charge in [0.15, 0.2) is 0 Å². The summed E-state index contributed by atoms with van der Waals surface area (Å²) in [5.74, 6) is 0.643. The number of aliphatic hydroxyl groups excluding tert-OH is 1. The van der Waals surface area contributed by atoms with E-state index in [2.05, 4.69) is 15.3 Å². The minimum absolute atomic E-state index is 0.0230. The molecule has 3 rings (SSSR count). The Labute approximate surface area is 114 Å². The van der Waals surface area contributed by atoms with E-state index in [1.165, 1.54) is 16.9 Å². The summed E-state index contributed by atoms with van der Waals surface area (Å²) in [5, 5.41) is 12.6. The van der Waals surface area contributed by atoms with Crippen molar-refractivity contribution < 1.29 is 5.11 Å². The second kappa shape index (κ2) is 5.40. The van der Waals surface area contributed by atoms with Gasteiger partial charge in [0.2, 0.25) is 0 Å². The zero-order valence-electron chi connectivity index (χ0n) is 10.7. The third-order valence-electron chi connectivity index (χ3n) is 3.46. The molecule has 102 valence electrons.